The number of esters is 1. The molecule has 160 valence electrons. The Morgan fingerprint density at radius 3 is 2.73 bits per heavy atom. The highest BCUT2D eigenvalue weighted by molar-refractivity contribution is 6.02. The van der Waals surface area contributed by atoms with Crippen LogP contribution >= 0.6 is 0 Å². The first kappa shape index (κ1) is 21.4. The van der Waals surface area contributed by atoms with Crippen molar-refractivity contribution in [1.29, 1.82) is 0 Å². The second kappa shape index (κ2) is 8.17. The quantitative estimate of drug-likeness (QED) is 0.732. The van der Waals surface area contributed by atoms with Crippen molar-refractivity contribution in [3.05, 3.63) is 39.8 Å². The van der Waals surface area contributed by atoms with Gasteiger partial charge >= 0.3 is 5.97 Å². The minimum absolute atomic E-state index is 0.223. The summed E-state index contributed by atoms with van der Waals surface area (Å²) in [4.78, 5) is 41.4. The van der Waals surface area contributed by atoms with Gasteiger partial charge in [0.25, 0.3) is 11.5 Å². The number of carbonyl (C=O) groups is 2. The summed E-state index contributed by atoms with van der Waals surface area (Å²) in [6.07, 6.45) is 5.28. The van der Waals surface area contributed by atoms with Crippen molar-refractivity contribution in [2.24, 2.45) is 7.05 Å². The second-order valence-electron chi connectivity index (χ2n) is 8.01. The van der Waals surface area contributed by atoms with E-state index >= 15 is 0 Å². The van der Waals surface area contributed by atoms with Crippen molar-refractivity contribution >= 4 is 28.7 Å². The Bertz CT molecular complexity index is 1090. The van der Waals surface area contributed by atoms with Crippen LogP contribution in [0.3, 0.4) is 0 Å². The number of aromatic nitrogens is 2. The van der Waals surface area contributed by atoms with Crippen LogP contribution in [0.25, 0.3) is 16.8 Å². The van der Waals surface area contributed by atoms with Crippen LogP contribution in [0.5, 0.6) is 5.75 Å². The zero-order valence-corrected chi connectivity index (χ0v) is 17.4. The van der Waals surface area contributed by atoms with E-state index in [-0.39, 0.29) is 11.0 Å². The molecule has 0 radical (unpaired) electrons. The standard InChI is InChI=1S/C21H25N3O6/c1-21(2,3)30-15(25)11-23-19(27)16-17(26)13-9-12(14-7-5-6-8-29-14)10-22-18(13)24(4)20(16)28/h7,9-10,26H,5-6,8,11H2,1-4H3,(H,23,27). The number of ether oxygens (including phenoxy) is 2. The molecule has 30 heavy (non-hydrogen) atoms. The second-order valence-corrected chi connectivity index (χ2v) is 8.01. The Morgan fingerprint density at radius 2 is 2.10 bits per heavy atom. The molecule has 0 bridgehead atoms. The number of hydrogen-bond acceptors (Lipinski definition) is 7. The lowest BCUT2D eigenvalue weighted by molar-refractivity contribution is -0.153. The monoisotopic (exact) mass is 415 g/mol. The summed E-state index contributed by atoms with van der Waals surface area (Å²) in [5.41, 5.74) is -1.04. The molecule has 1 aliphatic rings. The van der Waals surface area contributed by atoms with Crippen LogP contribution in [0.1, 0.15) is 49.5 Å². The zero-order chi connectivity index (χ0) is 22.1. The van der Waals surface area contributed by atoms with E-state index in [1.54, 1.807) is 33.0 Å². The molecular weight excluding hydrogens is 390 g/mol. The predicted molar refractivity (Wildman–Crippen MR) is 110 cm³/mol. The fraction of sp³-hybridized carbons (Fsp3) is 0.429. The molecule has 0 spiro atoms. The van der Waals surface area contributed by atoms with Crippen LogP contribution in [-0.2, 0) is 21.3 Å². The lowest BCUT2D eigenvalue weighted by Crippen LogP contribution is -2.37. The first-order chi connectivity index (χ1) is 14.1. The average Bonchev–Trinajstić information content (AvgIpc) is 2.70. The smallest absolute Gasteiger partial charge is 0.325 e. The van der Waals surface area contributed by atoms with Gasteiger partial charge in [0.15, 0.2) is 0 Å². The van der Waals surface area contributed by atoms with Crippen LogP contribution in [-0.4, -0.2) is 45.3 Å². The Balaban J connectivity index is 1.96. The van der Waals surface area contributed by atoms with Gasteiger partial charge in [0.1, 0.15) is 34.9 Å². The molecule has 0 unspecified atom stereocenters. The minimum atomic E-state index is -0.876. The first-order valence-electron chi connectivity index (χ1n) is 9.63. The van der Waals surface area contributed by atoms with Gasteiger partial charge in [-0.25, -0.2) is 4.98 Å². The summed E-state index contributed by atoms with van der Waals surface area (Å²) in [7, 11) is 1.46. The molecule has 9 heteroatoms. The molecule has 1 aliphatic heterocycles. The molecule has 2 aromatic rings. The van der Waals surface area contributed by atoms with Crippen LogP contribution < -0.4 is 10.9 Å². The van der Waals surface area contributed by atoms with E-state index in [4.69, 9.17) is 9.47 Å². The van der Waals surface area contributed by atoms with Gasteiger partial charge < -0.3 is 19.9 Å². The van der Waals surface area contributed by atoms with E-state index in [0.29, 0.717) is 17.9 Å². The average molecular weight is 415 g/mol. The molecule has 2 N–H and O–H groups in total. The number of carbonyl (C=O) groups excluding carboxylic acids is 2. The molecule has 0 fully saturated rings. The Morgan fingerprint density at radius 1 is 1.37 bits per heavy atom. The third-order valence-electron chi connectivity index (χ3n) is 4.46. The lowest BCUT2D eigenvalue weighted by atomic mass is 10.1. The number of rotatable bonds is 4. The van der Waals surface area contributed by atoms with Crippen molar-refractivity contribution in [3.8, 4) is 5.75 Å². The summed E-state index contributed by atoms with van der Waals surface area (Å²) in [5, 5.41) is 13.3. The van der Waals surface area contributed by atoms with Crippen molar-refractivity contribution in [3.63, 3.8) is 0 Å². The number of aromatic hydroxyl groups is 1. The van der Waals surface area contributed by atoms with Crippen LogP contribution in [0.4, 0.5) is 0 Å². The van der Waals surface area contributed by atoms with Gasteiger partial charge in [0, 0.05) is 18.8 Å². The van der Waals surface area contributed by atoms with E-state index in [9.17, 15) is 19.5 Å². The topological polar surface area (TPSA) is 120 Å². The predicted octanol–water partition coefficient (Wildman–Crippen LogP) is 1.86. The summed E-state index contributed by atoms with van der Waals surface area (Å²) in [6, 6.07) is 1.62. The number of pyridine rings is 2. The molecule has 0 saturated heterocycles. The largest absolute Gasteiger partial charge is 0.506 e. The fourth-order valence-electron chi connectivity index (χ4n) is 3.12. The summed E-state index contributed by atoms with van der Waals surface area (Å²) in [5.74, 6) is -1.39. The fourth-order valence-corrected chi connectivity index (χ4v) is 3.12. The molecule has 3 rings (SSSR count). The summed E-state index contributed by atoms with van der Waals surface area (Å²) in [6.45, 7) is 5.26. The number of fused-ring (bicyclic) bond motifs is 1. The molecule has 0 aliphatic carbocycles. The molecule has 0 aromatic carbocycles. The highest BCUT2D eigenvalue weighted by Crippen LogP contribution is 2.29. The molecule has 0 atom stereocenters. The highest BCUT2D eigenvalue weighted by atomic mass is 16.6. The van der Waals surface area contributed by atoms with Gasteiger partial charge in [-0.15, -0.1) is 0 Å². The molecule has 0 saturated carbocycles. The van der Waals surface area contributed by atoms with E-state index in [1.165, 1.54) is 11.6 Å². The number of allylic oxidation sites excluding steroid dienone is 1. The van der Waals surface area contributed by atoms with E-state index < -0.39 is 40.9 Å². The van der Waals surface area contributed by atoms with Gasteiger partial charge in [0.2, 0.25) is 0 Å². The molecule has 2 aromatic heterocycles. The zero-order valence-electron chi connectivity index (χ0n) is 17.4. The number of aryl methyl sites for hydroxylation is 1. The van der Waals surface area contributed by atoms with Crippen molar-refractivity contribution in [1.82, 2.24) is 14.9 Å². The molecule has 1 amide bonds. The molecule has 3 heterocycles. The van der Waals surface area contributed by atoms with Gasteiger partial charge in [-0.2, -0.15) is 0 Å². The number of amides is 1. The lowest BCUT2D eigenvalue weighted by Gasteiger charge is -2.19. The van der Waals surface area contributed by atoms with Crippen molar-refractivity contribution in [2.45, 2.75) is 39.2 Å². The maximum atomic E-state index is 12.7. The van der Waals surface area contributed by atoms with Crippen LogP contribution in [0.2, 0.25) is 0 Å². The minimum Gasteiger partial charge on any atom is -0.506 e. The van der Waals surface area contributed by atoms with Crippen LogP contribution in [0.15, 0.2) is 23.1 Å². The Labute approximate surface area is 173 Å². The Hall–Kier alpha value is -3.36. The van der Waals surface area contributed by atoms with E-state index in [0.717, 1.165) is 12.8 Å². The van der Waals surface area contributed by atoms with Crippen molar-refractivity contribution < 1.29 is 24.2 Å². The summed E-state index contributed by atoms with van der Waals surface area (Å²) >= 11 is 0. The van der Waals surface area contributed by atoms with E-state index in [2.05, 4.69) is 10.3 Å². The molecular formula is C21H25N3O6. The normalized spacial score (nSPS) is 14.1. The maximum Gasteiger partial charge on any atom is 0.325 e. The third kappa shape index (κ3) is 4.45. The van der Waals surface area contributed by atoms with Gasteiger partial charge in [0.05, 0.1) is 12.0 Å². The van der Waals surface area contributed by atoms with Crippen LogP contribution in [0, 0.1) is 0 Å². The highest BCUT2D eigenvalue weighted by Gasteiger charge is 2.24. The number of nitrogens with one attached hydrogen (secondary N) is 1. The van der Waals surface area contributed by atoms with Crippen molar-refractivity contribution in [2.75, 3.05) is 13.2 Å². The Kier molecular flexibility index (Phi) is 5.82. The maximum absolute atomic E-state index is 12.7. The van der Waals surface area contributed by atoms with Gasteiger partial charge in [-0.05, 0) is 45.8 Å². The third-order valence-corrected chi connectivity index (χ3v) is 4.46. The van der Waals surface area contributed by atoms with Gasteiger partial charge in [-0.3, -0.25) is 19.0 Å². The number of hydrogen-bond donors (Lipinski definition) is 2. The van der Waals surface area contributed by atoms with E-state index in [1.807, 2.05) is 6.08 Å². The SMILES string of the molecule is Cn1c(=O)c(C(=O)NCC(=O)OC(C)(C)C)c(O)c2cc(C3=CCCCO3)cnc21. The molecule has 9 nitrogen and oxygen atoms in total. The number of nitrogens with zero attached hydrogens (tertiary/aromatic N) is 2. The van der Waals surface area contributed by atoms with Gasteiger partial charge in [-0.1, -0.05) is 0 Å². The summed E-state index contributed by atoms with van der Waals surface area (Å²) < 4.78 is 11.9. The first-order valence-corrected chi connectivity index (χ1v) is 9.63.